The standard InChI is InChI=1S/C22H20FN5/c1-14-10-18(11-16-6-4-3-5-7-16)28-22(26-14)27-17-8-9-19(20(23)12-17)21-24-13-15(2)25-21/h3-10,12-13H,11H2,1-2H3,(H,24,25)(H,26,27,28). The first-order valence-corrected chi connectivity index (χ1v) is 9.04. The number of aryl methyl sites for hydroxylation is 2. The molecular formula is C22H20FN5. The number of nitrogens with one attached hydrogen (secondary N) is 2. The van der Waals surface area contributed by atoms with Gasteiger partial charge in [-0.05, 0) is 43.7 Å². The maximum Gasteiger partial charge on any atom is 0.227 e. The fourth-order valence-corrected chi connectivity index (χ4v) is 3.05. The van der Waals surface area contributed by atoms with Crippen molar-refractivity contribution < 1.29 is 4.39 Å². The monoisotopic (exact) mass is 373 g/mol. The lowest BCUT2D eigenvalue weighted by Gasteiger charge is -2.09. The van der Waals surface area contributed by atoms with Crippen molar-refractivity contribution in [1.82, 2.24) is 19.9 Å². The number of halogens is 1. The van der Waals surface area contributed by atoms with Crippen LogP contribution in [0.3, 0.4) is 0 Å². The van der Waals surface area contributed by atoms with Crippen molar-refractivity contribution in [3.8, 4) is 11.4 Å². The number of hydrogen-bond acceptors (Lipinski definition) is 4. The summed E-state index contributed by atoms with van der Waals surface area (Å²) in [4.78, 5) is 16.2. The second kappa shape index (κ2) is 7.60. The van der Waals surface area contributed by atoms with Crippen LogP contribution in [0.15, 0.2) is 60.8 Å². The summed E-state index contributed by atoms with van der Waals surface area (Å²) in [5.41, 5.74) is 4.76. The Labute approximate surface area is 162 Å². The lowest BCUT2D eigenvalue weighted by molar-refractivity contribution is 0.631. The molecule has 5 nitrogen and oxygen atoms in total. The molecule has 0 saturated heterocycles. The Morgan fingerprint density at radius 2 is 1.75 bits per heavy atom. The van der Waals surface area contributed by atoms with Gasteiger partial charge < -0.3 is 10.3 Å². The van der Waals surface area contributed by atoms with Crippen molar-refractivity contribution in [3.05, 3.63) is 89.3 Å². The molecule has 0 aliphatic heterocycles. The fourth-order valence-electron chi connectivity index (χ4n) is 3.05. The molecule has 4 aromatic rings. The Morgan fingerprint density at radius 1 is 0.929 bits per heavy atom. The van der Waals surface area contributed by atoms with E-state index < -0.39 is 0 Å². The highest BCUT2D eigenvalue weighted by Gasteiger charge is 2.10. The molecule has 0 aliphatic carbocycles. The van der Waals surface area contributed by atoms with Gasteiger partial charge in [-0.3, -0.25) is 0 Å². The van der Waals surface area contributed by atoms with E-state index in [0.717, 1.165) is 17.1 Å². The predicted molar refractivity (Wildman–Crippen MR) is 108 cm³/mol. The molecule has 2 aromatic carbocycles. The van der Waals surface area contributed by atoms with Gasteiger partial charge in [-0.15, -0.1) is 0 Å². The Morgan fingerprint density at radius 3 is 2.46 bits per heavy atom. The summed E-state index contributed by atoms with van der Waals surface area (Å²) < 4.78 is 14.6. The zero-order chi connectivity index (χ0) is 19.5. The molecule has 28 heavy (non-hydrogen) atoms. The number of H-pyrrole nitrogens is 1. The Bertz CT molecular complexity index is 1110. The van der Waals surface area contributed by atoms with Crippen molar-refractivity contribution in [2.75, 3.05) is 5.32 Å². The third kappa shape index (κ3) is 4.06. The normalized spacial score (nSPS) is 10.8. The van der Waals surface area contributed by atoms with E-state index in [2.05, 4.69) is 37.4 Å². The smallest absolute Gasteiger partial charge is 0.227 e. The van der Waals surface area contributed by atoms with E-state index >= 15 is 0 Å². The highest BCUT2D eigenvalue weighted by Crippen LogP contribution is 2.24. The van der Waals surface area contributed by atoms with Gasteiger partial charge in [-0.1, -0.05) is 30.3 Å². The summed E-state index contributed by atoms with van der Waals surface area (Å²) in [6.07, 6.45) is 2.46. The van der Waals surface area contributed by atoms with Gasteiger partial charge in [0.15, 0.2) is 0 Å². The molecule has 0 bridgehead atoms. The fraction of sp³-hybridized carbons (Fsp3) is 0.136. The molecule has 0 unspecified atom stereocenters. The maximum atomic E-state index is 14.6. The first-order chi connectivity index (χ1) is 13.6. The number of aromatic amines is 1. The first-order valence-electron chi connectivity index (χ1n) is 9.04. The molecule has 2 aromatic heterocycles. The molecule has 0 aliphatic rings. The van der Waals surface area contributed by atoms with E-state index in [-0.39, 0.29) is 5.82 Å². The summed E-state index contributed by atoms with van der Waals surface area (Å²) in [5.74, 6) is 0.599. The molecule has 2 N–H and O–H groups in total. The number of rotatable bonds is 5. The van der Waals surface area contributed by atoms with Crippen molar-refractivity contribution >= 4 is 11.6 Å². The molecule has 4 rings (SSSR count). The molecule has 0 spiro atoms. The van der Waals surface area contributed by atoms with Gasteiger partial charge in [0.2, 0.25) is 5.95 Å². The lowest BCUT2D eigenvalue weighted by Crippen LogP contribution is -2.03. The molecule has 0 atom stereocenters. The van der Waals surface area contributed by atoms with Crippen LogP contribution in [0.1, 0.15) is 22.6 Å². The van der Waals surface area contributed by atoms with E-state index in [4.69, 9.17) is 0 Å². The number of imidazole rings is 1. The molecule has 0 fully saturated rings. The van der Waals surface area contributed by atoms with Gasteiger partial charge in [-0.2, -0.15) is 0 Å². The van der Waals surface area contributed by atoms with Gasteiger partial charge in [0.1, 0.15) is 11.6 Å². The summed E-state index contributed by atoms with van der Waals surface area (Å²) in [6.45, 7) is 3.78. The summed E-state index contributed by atoms with van der Waals surface area (Å²) >= 11 is 0. The van der Waals surface area contributed by atoms with E-state index in [1.165, 1.54) is 11.6 Å². The van der Waals surface area contributed by atoms with Crippen LogP contribution < -0.4 is 5.32 Å². The van der Waals surface area contributed by atoms with Gasteiger partial charge in [0.05, 0.1) is 17.0 Å². The minimum absolute atomic E-state index is 0.364. The molecule has 6 heteroatoms. The Balaban J connectivity index is 1.56. The number of anilines is 2. The third-order valence-electron chi connectivity index (χ3n) is 4.32. The largest absolute Gasteiger partial charge is 0.344 e. The molecular weight excluding hydrogens is 353 g/mol. The third-order valence-corrected chi connectivity index (χ3v) is 4.32. The SMILES string of the molecule is Cc1cc(Cc2ccccc2)nc(Nc2ccc(-c3nc(C)c[nH]3)c(F)c2)n1. The van der Waals surface area contributed by atoms with Gasteiger partial charge in [-0.25, -0.2) is 19.3 Å². The van der Waals surface area contributed by atoms with Crippen LogP contribution in [0.2, 0.25) is 0 Å². The highest BCUT2D eigenvalue weighted by molar-refractivity contribution is 5.63. The molecule has 0 amide bonds. The predicted octanol–water partition coefficient (Wildman–Crippen LogP) is 4.96. The van der Waals surface area contributed by atoms with Gasteiger partial charge in [0, 0.05) is 24.0 Å². The van der Waals surface area contributed by atoms with E-state index in [9.17, 15) is 4.39 Å². The highest BCUT2D eigenvalue weighted by atomic mass is 19.1. The second-order valence-corrected chi connectivity index (χ2v) is 6.70. The van der Waals surface area contributed by atoms with Crippen LogP contribution in [-0.2, 0) is 6.42 Å². The lowest BCUT2D eigenvalue weighted by atomic mass is 10.1. The average Bonchev–Trinajstić information content (AvgIpc) is 3.08. The second-order valence-electron chi connectivity index (χ2n) is 6.70. The first kappa shape index (κ1) is 17.9. The van der Waals surface area contributed by atoms with Crippen LogP contribution in [0.5, 0.6) is 0 Å². The van der Waals surface area contributed by atoms with E-state index in [0.29, 0.717) is 29.4 Å². The quantitative estimate of drug-likeness (QED) is 0.519. The van der Waals surface area contributed by atoms with Crippen LogP contribution in [-0.4, -0.2) is 19.9 Å². The van der Waals surface area contributed by atoms with Crippen LogP contribution in [0.25, 0.3) is 11.4 Å². The number of benzene rings is 2. The van der Waals surface area contributed by atoms with E-state index in [1.54, 1.807) is 18.3 Å². The van der Waals surface area contributed by atoms with Gasteiger partial charge >= 0.3 is 0 Å². The number of aromatic nitrogens is 4. The number of hydrogen-bond donors (Lipinski definition) is 2. The van der Waals surface area contributed by atoms with Crippen LogP contribution in [0, 0.1) is 19.7 Å². The zero-order valence-corrected chi connectivity index (χ0v) is 15.7. The Kier molecular flexibility index (Phi) is 4.85. The molecule has 0 radical (unpaired) electrons. The van der Waals surface area contributed by atoms with Crippen LogP contribution in [0.4, 0.5) is 16.0 Å². The van der Waals surface area contributed by atoms with Crippen molar-refractivity contribution in [1.29, 1.82) is 0 Å². The minimum atomic E-state index is -0.364. The van der Waals surface area contributed by atoms with Gasteiger partial charge in [0.25, 0.3) is 0 Å². The van der Waals surface area contributed by atoms with Crippen molar-refractivity contribution in [2.45, 2.75) is 20.3 Å². The summed E-state index contributed by atoms with van der Waals surface area (Å²) in [7, 11) is 0. The Hall–Kier alpha value is -3.54. The van der Waals surface area contributed by atoms with Crippen molar-refractivity contribution in [3.63, 3.8) is 0 Å². The summed E-state index contributed by atoms with van der Waals surface area (Å²) in [5, 5.41) is 3.10. The van der Waals surface area contributed by atoms with E-state index in [1.807, 2.05) is 38.1 Å². The molecule has 0 saturated carbocycles. The number of nitrogens with zero attached hydrogens (tertiary/aromatic N) is 3. The average molecular weight is 373 g/mol. The zero-order valence-electron chi connectivity index (χ0n) is 15.7. The summed E-state index contributed by atoms with van der Waals surface area (Å²) in [6, 6.07) is 17.0. The molecule has 2 heterocycles. The topological polar surface area (TPSA) is 66.5 Å². The molecule has 140 valence electrons. The maximum absolute atomic E-state index is 14.6. The minimum Gasteiger partial charge on any atom is -0.344 e. The van der Waals surface area contributed by atoms with Crippen molar-refractivity contribution in [2.24, 2.45) is 0 Å². The van der Waals surface area contributed by atoms with Crippen LogP contribution >= 0.6 is 0 Å².